The number of amides is 1. The molecule has 0 saturated carbocycles. The number of nitrogens with zero attached hydrogens (tertiary/aromatic N) is 1. The van der Waals surface area contributed by atoms with Crippen molar-refractivity contribution in [3.8, 4) is 0 Å². The number of hydrogen-bond donors (Lipinski definition) is 0. The first kappa shape index (κ1) is 13.9. The monoisotopic (exact) mass is 293 g/mol. The summed E-state index contributed by atoms with van der Waals surface area (Å²) in [5.74, 6) is -0.178. The molecule has 2 aromatic carbocycles. The molecule has 1 amide bonds. The Morgan fingerprint density at radius 2 is 1.63 bits per heavy atom. The highest BCUT2D eigenvalue weighted by Crippen LogP contribution is 2.20. The van der Waals surface area contributed by atoms with Crippen LogP contribution in [0.3, 0.4) is 0 Å². The summed E-state index contributed by atoms with van der Waals surface area (Å²) in [6, 6.07) is 16.9. The molecular formula is C15H13Cl2NO. The third-order valence-electron chi connectivity index (χ3n) is 2.74. The predicted molar refractivity (Wildman–Crippen MR) is 79.8 cm³/mol. The molecule has 0 N–H and O–H groups in total. The van der Waals surface area contributed by atoms with Crippen LogP contribution in [0.15, 0.2) is 54.6 Å². The van der Waals surface area contributed by atoms with E-state index in [9.17, 15) is 4.79 Å². The van der Waals surface area contributed by atoms with Gasteiger partial charge in [-0.1, -0.05) is 41.9 Å². The summed E-state index contributed by atoms with van der Waals surface area (Å²) in [7, 11) is 0. The van der Waals surface area contributed by atoms with Gasteiger partial charge in [-0.15, -0.1) is 11.6 Å². The van der Waals surface area contributed by atoms with Gasteiger partial charge in [0.2, 0.25) is 5.91 Å². The Hall–Kier alpha value is -1.51. The van der Waals surface area contributed by atoms with Gasteiger partial charge < -0.3 is 4.90 Å². The second kappa shape index (κ2) is 6.60. The van der Waals surface area contributed by atoms with Crippen molar-refractivity contribution in [3.63, 3.8) is 0 Å². The number of hydrogen-bond acceptors (Lipinski definition) is 1. The van der Waals surface area contributed by atoms with Crippen LogP contribution in [-0.4, -0.2) is 11.8 Å². The number of carbonyl (C=O) groups excluding carboxylic acids is 1. The molecule has 0 atom stereocenters. The normalized spacial score (nSPS) is 10.2. The molecular weight excluding hydrogens is 281 g/mol. The molecule has 0 saturated heterocycles. The summed E-state index contributed by atoms with van der Waals surface area (Å²) in [6.45, 7) is 0.494. The Labute approximate surface area is 122 Å². The van der Waals surface area contributed by atoms with Gasteiger partial charge in [-0.2, -0.15) is 0 Å². The standard InChI is InChI=1S/C15H13Cl2NO/c16-10-15(19)18(11-12-4-2-1-3-5-12)14-8-6-13(17)7-9-14/h1-9H,10-11H2. The average molecular weight is 294 g/mol. The van der Waals surface area contributed by atoms with Crippen LogP contribution < -0.4 is 4.90 Å². The molecule has 0 unspecified atom stereocenters. The van der Waals surface area contributed by atoms with E-state index in [1.807, 2.05) is 42.5 Å². The molecule has 0 fully saturated rings. The van der Waals surface area contributed by atoms with Crippen molar-refractivity contribution in [2.75, 3.05) is 10.8 Å². The van der Waals surface area contributed by atoms with E-state index in [-0.39, 0.29) is 11.8 Å². The van der Waals surface area contributed by atoms with Gasteiger partial charge >= 0.3 is 0 Å². The van der Waals surface area contributed by atoms with Gasteiger partial charge in [0.1, 0.15) is 5.88 Å². The Morgan fingerprint density at radius 3 is 2.21 bits per heavy atom. The van der Waals surface area contributed by atoms with Crippen LogP contribution in [0.1, 0.15) is 5.56 Å². The van der Waals surface area contributed by atoms with Gasteiger partial charge in [-0.3, -0.25) is 4.79 Å². The maximum atomic E-state index is 12.0. The first-order valence-corrected chi connectivity index (χ1v) is 6.78. The highest BCUT2D eigenvalue weighted by atomic mass is 35.5. The number of alkyl halides is 1. The zero-order valence-corrected chi connectivity index (χ0v) is 11.7. The van der Waals surface area contributed by atoms with Gasteiger partial charge in [0.15, 0.2) is 0 Å². The molecule has 0 radical (unpaired) electrons. The van der Waals surface area contributed by atoms with E-state index in [4.69, 9.17) is 23.2 Å². The van der Waals surface area contributed by atoms with Crippen molar-refractivity contribution in [1.29, 1.82) is 0 Å². The fourth-order valence-corrected chi connectivity index (χ4v) is 2.05. The molecule has 0 aliphatic heterocycles. The Bertz CT molecular complexity index is 540. The van der Waals surface area contributed by atoms with Crippen LogP contribution in [0.4, 0.5) is 5.69 Å². The van der Waals surface area contributed by atoms with Crippen LogP contribution in [0.2, 0.25) is 5.02 Å². The highest BCUT2D eigenvalue weighted by molar-refractivity contribution is 6.31. The SMILES string of the molecule is O=C(CCl)N(Cc1ccccc1)c1ccc(Cl)cc1. The van der Waals surface area contributed by atoms with Gasteiger partial charge in [-0.05, 0) is 29.8 Å². The van der Waals surface area contributed by atoms with Crippen molar-refractivity contribution in [3.05, 3.63) is 65.2 Å². The number of rotatable bonds is 4. The maximum absolute atomic E-state index is 12.0. The van der Waals surface area contributed by atoms with Crippen LogP contribution in [0, 0.1) is 0 Å². The third-order valence-corrected chi connectivity index (χ3v) is 3.22. The molecule has 0 aliphatic rings. The summed E-state index contributed by atoms with van der Waals surface area (Å²) < 4.78 is 0. The number of halogens is 2. The molecule has 2 rings (SSSR count). The molecule has 0 heterocycles. The minimum Gasteiger partial charge on any atom is -0.307 e. The summed E-state index contributed by atoms with van der Waals surface area (Å²) in [4.78, 5) is 13.6. The lowest BCUT2D eigenvalue weighted by Crippen LogP contribution is -2.31. The van der Waals surface area contributed by atoms with E-state index < -0.39 is 0 Å². The topological polar surface area (TPSA) is 20.3 Å². The molecule has 2 aromatic rings. The van der Waals surface area contributed by atoms with Crippen molar-refractivity contribution in [2.24, 2.45) is 0 Å². The third kappa shape index (κ3) is 3.72. The lowest BCUT2D eigenvalue weighted by molar-refractivity contribution is -0.116. The first-order valence-electron chi connectivity index (χ1n) is 5.86. The second-order valence-electron chi connectivity index (χ2n) is 4.08. The lowest BCUT2D eigenvalue weighted by Gasteiger charge is -2.22. The van der Waals surface area contributed by atoms with Crippen molar-refractivity contribution < 1.29 is 4.79 Å². The van der Waals surface area contributed by atoms with Gasteiger partial charge in [-0.25, -0.2) is 0 Å². The fraction of sp³-hybridized carbons (Fsp3) is 0.133. The lowest BCUT2D eigenvalue weighted by atomic mass is 10.2. The molecule has 4 heteroatoms. The van der Waals surface area contributed by atoms with E-state index in [1.165, 1.54) is 0 Å². The average Bonchev–Trinajstić information content (AvgIpc) is 2.46. The molecule has 19 heavy (non-hydrogen) atoms. The molecule has 2 nitrogen and oxygen atoms in total. The molecule has 0 bridgehead atoms. The van der Waals surface area contributed by atoms with Crippen molar-refractivity contribution >= 4 is 34.8 Å². The molecule has 0 spiro atoms. The minimum atomic E-state index is -0.132. The Kier molecular flexibility index (Phi) is 4.83. The smallest absolute Gasteiger partial charge is 0.242 e. The summed E-state index contributed by atoms with van der Waals surface area (Å²) in [5, 5.41) is 0.640. The van der Waals surface area contributed by atoms with Crippen LogP contribution >= 0.6 is 23.2 Å². The second-order valence-corrected chi connectivity index (χ2v) is 4.78. The van der Waals surface area contributed by atoms with Crippen LogP contribution in [-0.2, 0) is 11.3 Å². The van der Waals surface area contributed by atoms with Gasteiger partial charge in [0.25, 0.3) is 0 Å². The van der Waals surface area contributed by atoms with Crippen LogP contribution in [0.25, 0.3) is 0 Å². The van der Waals surface area contributed by atoms with E-state index in [2.05, 4.69) is 0 Å². The van der Waals surface area contributed by atoms with Crippen LogP contribution in [0.5, 0.6) is 0 Å². The fourth-order valence-electron chi connectivity index (χ4n) is 1.78. The van der Waals surface area contributed by atoms with E-state index in [1.54, 1.807) is 17.0 Å². The quantitative estimate of drug-likeness (QED) is 0.777. The Balaban J connectivity index is 2.26. The molecule has 98 valence electrons. The number of carbonyl (C=O) groups is 1. The summed E-state index contributed by atoms with van der Waals surface area (Å²) in [5.41, 5.74) is 1.84. The largest absolute Gasteiger partial charge is 0.307 e. The predicted octanol–water partition coefficient (Wildman–Crippen LogP) is 4.11. The highest BCUT2D eigenvalue weighted by Gasteiger charge is 2.14. The van der Waals surface area contributed by atoms with Gasteiger partial charge in [0, 0.05) is 10.7 Å². The van der Waals surface area contributed by atoms with E-state index in [0.29, 0.717) is 11.6 Å². The molecule has 0 aliphatic carbocycles. The summed E-state index contributed by atoms with van der Waals surface area (Å²) >= 11 is 11.5. The molecule has 0 aromatic heterocycles. The van der Waals surface area contributed by atoms with Gasteiger partial charge in [0.05, 0.1) is 6.54 Å². The van der Waals surface area contributed by atoms with E-state index >= 15 is 0 Å². The minimum absolute atomic E-state index is 0.0462. The van der Waals surface area contributed by atoms with Crippen molar-refractivity contribution in [1.82, 2.24) is 0 Å². The van der Waals surface area contributed by atoms with E-state index in [0.717, 1.165) is 11.3 Å². The van der Waals surface area contributed by atoms with Crippen molar-refractivity contribution in [2.45, 2.75) is 6.54 Å². The number of benzene rings is 2. The first-order chi connectivity index (χ1) is 9.20. The summed E-state index contributed by atoms with van der Waals surface area (Å²) in [6.07, 6.45) is 0. The Morgan fingerprint density at radius 1 is 1.00 bits per heavy atom. The number of anilines is 1. The maximum Gasteiger partial charge on any atom is 0.242 e. The zero-order chi connectivity index (χ0) is 13.7. The zero-order valence-electron chi connectivity index (χ0n) is 10.2.